The van der Waals surface area contributed by atoms with Gasteiger partial charge in [-0.2, -0.15) is 0 Å². The van der Waals surface area contributed by atoms with Crippen molar-refractivity contribution in [3.63, 3.8) is 0 Å². The molecule has 0 radical (unpaired) electrons. The van der Waals surface area contributed by atoms with Crippen LogP contribution in [0.1, 0.15) is 20.3 Å². The lowest BCUT2D eigenvalue weighted by atomic mass is 9.92. The summed E-state index contributed by atoms with van der Waals surface area (Å²) in [6.07, 6.45) is 1.24. The van der Waals surface area contributed by atoms with E-state index in [0.717, 1.165) is 18.2 Å². The largest absolute Gasteiger partial charge is 0.346 e. The van der Waals surface area contributed by atoms with E-state index < -0.39 is 0 Å². The Labute approximate surface area is 150 Å². The molecule has 1 aromatic heterocycles. The number of nitrogens with one attached hydrogen (secondary N) is 2. The number of anilines is 3. The Morgan fingerprint density at radius 2 is 1.83 bits per heavy atom. The van der Waals surface area contributed by atoms with Gasteiger partial charge in [0.25, 0.3) is 0 Å². The summed E-state index contributed by atoms with van der Waals surface area (Å²) in [6, 6.07) is 6.58. The summed E-state index contributed by atoms with van der Waals surface area (Å²) in [5.41, 5.74) is 0.667. The van der Waals surface area contributed by atoms with Crippen molar-refractivity contribution in [2.24, 2.45) is 11.8 Å². The van der Waals surface area contributed by atoms with E-state index in [2.05, 4.69) is 39.6 Å². The van der Waals surface area contributed by atoms with E-state index >= 15 is 0 Å². The minimum Gasteiger partial charge on any atom is -0.346 e. The number of carbonyl (C=O) groups is 1. The zero-order valence-corrected chi connectivity index (χ0v) is 15.2. The summed E-state index contributed by atoms with van der Waals surface area (Å²) < 4.78 is 0. The van der Waals surface area contributed by atoms with Crippen molar-refractivity contribution < 1.29 is 4.79 Å². The quantitative estimate of drug-likeness (QED) is 0.849. The molecule has 1 saturated heterocycles. The minimum absolute atomic E-state index is 0.347. The normalized spacial score (nSPS) is 20.7. The minimum atomic E-state index is -0.347. The van der Waals surface area contributed by atoms with Gasteiger partial charge in [-0.05, 0) is 42.5 Å². The molecule has 3 rings (SSSR count). The van der Waals surface area contributed by atoms with Gasteiger partial charge in [0.2, 0.25) is 10.3 Å². The van der Waals surface area contributed by atoms with E-state index in [1.54, 1.807) is 24.3 Å². The Morgan fingerprint density at radius 1 is 1.17 bits per heavy atom. The van der Waals surface area contributed by atoms with E-state index in [0.29, 0.717) is 27.7 Å². The molecule has 8 heteroatoms. The predicted molar refractivity (Wildman–Crippen MR) is 99.2 cm³/mol. The molecule has 0 unspecified atom stereocenters. The third-order valence-electron chi connectivity index (χ3n) is 3.88. The third-order valence-corrected chi connectivity index (χ3v) is 5.03. The number of piperidine rings is 1. The van der Waals surface area contributed by atoms with Crippen molar-refractivity contribution in [1.82, 2.24) is 10.2 Å². The van der Waals surface area contributed by atoms with Gasteiger partial charge in [-0.3, -0.25) is 5.32 Å². The Hall–Kier alpha value is -1.86. The van der Waals surface area contributed by atoms with Crippen molar-refractivity contribution in [2.75, 3.05) is 28.6 Å². The molecule has 2 aromatic rings. The molecule has 1 aliphatic rings. The fraction of sp³-hybridized carbons (Fsp3) is 0.438. The highest BCUT2D eigenvalue weighted by atomic mass is 35.5. The molecule has 1 aromatic carbocycles. The average Bonchev–Trinajstić information content (AvgIpc) is 2.97. The summed E-state index contributed by atoms with van der Waals surface area (Å²) in [4.78, 5) is 14.3. The predicted octanol–water partition coefficient (Wildman–Crippen LogP) is 4.32. The molecule has 128 valence electrons. The van der Waals surface area contributed by atoms with Crippen LogP contribution in [0.25, 0.3) is 0 Å². The first kappa shape index (κ1) is 17.0. The van der Waals surface area contributed by atoms with Gasteiger partial charge in [0.05, 0.1) is 0 Å². The van der Waals surface area contributed by atoms with Crippen LogP contribution < -0.4 is 15.5 Å². The van der Waals surface area contributed by atoms with E-state index in [1.165, 1.54) is 17.8 Å². The molecule has 2 N–H and O–H groups in total. The summed E-state index contributed by atoms with van der Waals surface area (Å²) in [7, 11) is 0. The van der Waals surface area contributed by atoms with Crippen molar-refractivity contribution in [3.05, 3.63) is 29.3 Å². The topological polar surface area (TPSA) is 70.2 Å². The van der Waals surface area contributed by atoms with Gasteiger partial charge in [-0.25, -0.2) is 4.79 Å². The van der Waals surface area contributed by atoms with Crippen LogP contribution in [-0.2, 0) is 0 Å². The molecule has 0 spiro atoms. The molecule has 6 nitrogen and oxygen atoms in total. The van der Waals surface area contributed by atoms with Gasteiger partial charge in [0, 0.05) is 23.8 Å². The van der Waals surface area contributed by atoms with Gasteiger partial charge >= 0.3 is 6.03 Å². The number of benzene rings is 1. The van der Waals surface area contributed by atoms with E-state index in [4.69, 9.17) is 11.6 Å². The third kappa shape index (κ3) is 4.36. The lowest BCUT2D eigenvalue weighted by Gasteiger charge is -2.34. The van der Waals surface area contributed by atoms with Crippen LogP contribution >= 0.6 is 22.9 Å². The van der Waals surface area contributed by atoms with E-state index in [9.17, 15) is 4.79 Å². The van der Waals surface area contributed by atoms with Crippen LogP contribution in [0.3, 0.4) is 0 Å². The van der Waals surface area contributed by atoms with Gasteiger partial charge in [-0.1, -0.05) is 36.8 Å². The number of halogens is 1. The van der Waals surface area contributed by atoms with Gasteiger partial charge < -0.3 is 10.2 Å². The Morgan fingerprint density at radius 3 is 2.50 bits per heavy atom. The zero-order valence-electron chi connectivity index (χ0n) is 13.6. The molecule has 0 aliphatic carbocycles. The first-order valence-electron chi connectivity index (χ1n) is 7.91. The summed E-state index contributed by atoms with van der Waals surface area (Å²) in [6.45, 7) is 6.47. The highest BCUT2D eigenvalue weighted by Crippen LogP contribution is 2.30. The molecule has 0 bridgehead atoms. The molecule has 1 aliphatic heterocycles. The molecular formula is C16H20ClN5OS. The number of hydrogen-bond donors (Lipinski definition) is 2. The molecule has 2 amide bonds. The lowest BCUT2D eigenvalue weighted by molar-refractivity contribution is 0.262. The van der Waals surface area contributed by atoms with Gasteiger partial charge in [0.15, 0.2) is 0 Å². The van der Waals surface area contributed by atoms with Crippen molar-refractivity contribution in [3.8, 4) is 0 Å². The summed E-state index contributed by atoms with van der Waals surface area (Å²) in [5, 5.41) is 15.7. The van der Waals surface area contributed by atoms with E-state index in [-0.39, 0.29) is 6.03 Å². The van der Waals surface area contributed by atoms with Gasteiger partial charge in [0.1, 0.15) is 0 Å². The Kier molecular flexibility index (Phi) is 5.20. The fourth-order valence-corrected chi connectivity index (χ4v) is 3.89. The number of rotatable bonds is 3. The monoisotopic (exact) mass is 365 g/mol. The SMILES string of the molecule is C[C@@H]1C[C@H](C)CN(c2nnc(NC(=O)Nc3ccc(Cl)cc3)s2)C1. The summed E-state index contributed by atoms with van der Waals surface area (Å²) in [5.74, 6) is 1.28. The maximum atomic E-state index is 12.0. The first-order chi connectivity index (χ1) is 11.5. The van der Waals surface area contributed by atoms with Gasteiger partial charge in [-0.15, -0.1) is 10.2 Å². The maximum Gasteiger partial charge on any atom is 0.325 e. The second kappa shape index (κ2) is 7.36. The van der Waals surface area contributed by atoms with Crippen LogP contribution in [-0.4, -0.2) is 29.3 Å². The Balaban J connectivity index is 1.59. The highest BCUT2D eigenvalue weighted by molar-refractivity contribution is 7.19. The maximum absolute atomic E-state index is 12.0. The smallest absolute Gasteiger partial charge is 0.325 e. The number of carbonyl (C=O) groups excluding carboxylic acids is 1. The number of urea groups is 1. The van der Waals surface area contributed by atoms with Crippen LogP contribution in [0.4, 0.5) is 20.7 Å². The van der Waals surface area contributed by atoms with Crippen LogP contribution in [0, 0.1) is 11.8 Å². The van der Waals surface area contributed by atoms with E-state index in [1.807, 2.05) is 0 Å². The number of aromatic nitrogens is 2. The fourth-order valence-electron chi connectivity index (χ4n) is 3.01. The van der Waals surface area contributed by atoms with Crippen molar-refractivity contribution in [2.45, 2.75) is 20.3 Å². The second-order valence-corrected chi connectivity index (χ2v) is 7.72. The highest BCUT2D eigenvalue weighted by Gasteiger charge is 2.24. The molecule has 1 fully saturated rings. The van der Waals surface area contributed by atoms with Crippen LogP contribution in [0.2, 0.25) is 5.02 Å². The van der Waals surface area contributed by atoms with Crippen LogP contribution in [0.5, 0.6) is 0 Å². The number of nitrogens with zero attached hydrogens (tertiary/aromatic N) is 3. The molecule has 24 heavy (non-hydrogen) atoms. The Bertz CT molecular complexity index is 695. The lowest BCUT2D eigenvalue weighted by Crippen LogP contribution is -2.38. The average molecular weight is 366 g/mol. The molecule has 0 saturated carbocycles. The molecule has 2 atom stereocenters. The first-order valence-corrected chi connectivity index (χ1v) is 9.11. The summed E-state index contributed by atoms with van der Waals surface area (Å²) >= 11 is 7.22. The van der Waals surface area contributed by atoms with Crippen molar-refractivity contribution in [1.29, 1.82) is 0 Å². The second-order valence-electron chi connectivity index (χ2n) is 6.33. The number of hydrogen-bond acceptors (Lipinski definition) is 5. The van der Waals surface area contributed by atoms with Crippen LogP contribution in [0.15, 0.2) is 24.3 Å². The standard InChI is InChI=1S/C16H20ClN5OS/c1-10-7-11(2)9-22(8-10)16-21-20-15(24-16)19-14(23)18-13-5-3-12(17)4-6-13/h3-6,10-11H,7-9H2,1-2H3,(H2,18,19,20,23)/t10-,11+. The molecule has 2 heterocycles. The number of amides is 2. The van der Waals surface area contributed by atoms with Crippen molar-refractivity contribution >= 4 is 44.9 Å². The molecular weight excluding hydrogens is 346 g/mol. The zero-order chi connectivity index (χ0) is 17.1.